The number of hydrogen-bond acceptors (Lipinski definition) is 4. The Labute approximate surface area is 122 Å². The molecular weight excluding hydrogens is 328 g/mol. The molecule has 0 aliphatic rings. The molecule has 0 atom stereocenters. The standard InChI is InChI=1S/C12H11BrN4O3/c1-16(7-8-5-14-15-6-8)12(18)9-2-10(13)4-11(3-9)17(19)20/h2-6H,7H2,1H3,(H,14,15). The first-order valence-corrected chi connectivity index (χ1v) is 6.45. The van der Waals surface area contributed by atoms with E-state index in [9.17, 15) is 14.9 Å². The molecule has 0 radical (unpaired) electrons. The van der Waals surface area contributed by atoms with Crippen LogP contribution in [0.5, 0.6) is 0 Å². The van der Waals surface area contributed by atoms with Crippen LogP contribution in [0.3, 0.4) is 0 Å². The fraction of sp³-hybridized carbons (Fsp3) is 0.167. The largest absolute Gasteiger partial charge is 0.337 e. The first kappa shape index (κ1) is 14.2. The van der Waals surface area contributed by atoms with E-state index in [0.717, 1.165) is 5.56 Å². The molecule has 1 aromatic heterocycles. The number of carbonyl (C=O) groups excluding carboxylic acids is 1. The number of benzene rings is 1. The van der Waals surface area contributed by atoms with Gasteiger partial charge < -0.3 is 4.90 Å². The van der Waals surface area contributed by atoms with Gasteiger partial charge in [-0.25, -0.2) is 0 Å². The Bertz CT molecular complexity index is 642. The molecule has 0 bridgehead atoms. The Hall–Kier alpha value is -2.22. The summed E-state index contributed by atoms with van der Waals surface area (Å²) in [6.45, 7) is 0.371. The second-order valence-electron chi connectivity index (χ2n) is 4.22. The van der Waals surface area contributed by atoms with Gasteiger partial charge in [-0.15, -0.1) is 0 Å². The summed E-state index contributed by atoms with van der Waals surface area (Å²) < 4.78 is 0.492. The van der Waals surface area contributed by atoms with E-state index in [0.29, 0.717) is 11.0 Å². The number of rotatable bonds is 4. The van der Waals surface area contributed by atoms with Gasteiger partial charge in [0.15, 0.2) is 0 Å². The molecule has 0 fully saturated rings. The summed E-state index contributed by atoms with van der Waals surface area (Å²) in [5, 5.41) is 17.3. The average Bonchev–Trinajstić information content (AvgIpc) is 2.89. The Kier molecular flexibility index (Phi) is 4.14. The van der Waals surface area contributed by atoms with Crippen LogP contribution in [-0.4, -0.2) is 33.0 Å². The minimum absolute atomic E-state index is 0.126. The molecule has 0 aliphatic carbocycles. The number of non-ortho nitro benzene ring substituents is 1. The lowest BCUT2D eigenvalue weighted by Crippen LogP contribution is -2.26. The number of hydrogen-bond donors (Lipinski definition) is 1. The molecule has 0 saturated heterocycles. The molecule has 1 heterocycles. The van der Waals surface area contributed by atoms with Gasteiger partial charge in [0.05, 0.1) is 11.1 Å². The zero-order valence-corrected chi connectivity index (χ0v) is 12.1. The second-order valence-corrected chi connectivity index (χ2v) is 5.14. The van der Waals surface area contributed by atoms with E-state index in [1.165, 1.54) is 17.0 Å². The number of aromatic nitrogens is 2. The van der Waals surface area contributed by atoms with Gasteiger partial charge in [0.2, 0.25) is 0 Å². The number of nitro groups is 1. The zero-order chi connectivity index (χ0) is 14.7. The molecule has 104 valence electrons. The molecule has 20 heavy (non-hydrogen) atoms. The van der Waals surface area contributed by atoms with Crippen LogP contribution in [0.2, 0.25) is 0 Å². The fourth-order valence-corrected chi connectivity index (χ4v) is 2.21. The first-order chi connectivity index (χ1) is 9.47. The number of nitrogens with one attached hydrogen (secondary N) is 1. The molecule has 8 heteroatoms. The monoisotopic (exact) mass is 338 g/mol. The van der Waals surface area contributed by atoms with Crippen molar-refractivity contribution in [3.05, 3.63) is 56.3 Å². The van der Waals surface area contributed by atoms with Crippen LogP contribution >= 0.6 is 15.9 Å². The smallest absolute Gasteiger partial charge is 0.271 e. The molecule has 0 spiro atoms. The Morgan fingerprint density at radius 2 is 2.25 bits per heavy atom. The summed E-state index contributed by atoms with van der Waals surface area (Å²) >= 11 is 3.17. The molecule has 2 rings (SSSR count). The SMILES string of the molecule is CN(Cc1cn[nH]c1)C(=O)c1cc(Br)cc([N+](=O)[O-])c1. The molecule has 0 unspecified atom stereocenters. The van der Waals surface area contributed by atoms with E-state index < -0.39 is 4.92 Å². The zero-order valence-electron chi connectivity index (χ0n) is 10.5. The number of nitro benzene ring substituents is 1. The van der Waals surface area contributed by atoms with Gasteiger partial charge in [-0.1, -0.05) is 15.9 Å². The summed E-state index contributed by atoms with van der Waals surface area (Å²) in [5.74, 6) is -0.296. The van der Waals surface area contributed by atoms with E-state index in [4.69, 9.17) is 0 Å². The minimum atomic E-state index is -0.530. The lowest BCUT2D eigenvalue weighted by molar-refractivity contribution is -0.385. The van der Waals surface area contributed by atoms with Crippen molar-refractivity contribution in [3.63, 3.8) is 0 Å². The number of H-pyrrole nitrogens is 1. The van der Waals surface area contributed by atoms with Crippen molar-refractivity contribution >= 4 is 27.5 Å². The number of carbonyl (C=O) groups is 1. The van der Waals surface area contributed by atoms with Gasteiger partial charge in [-0.3, -0.25) is 20.0 Å². The summed E-state index contributed by atoms with van der Waals surface area (Å²) in [7, 11) is 1.63. The van der Waals surface area contributed by atoms with Crippen LogP contribution in [0, 0.1) is 10.1 Å². The summed E-state index contributed by atoms with van der Waals surface area (Å²) in [4.78, 5) is 24.0. The molecular formula is C12H11BrN4O3. The van der Waals surface area contributed by atoms with E-state index in [1.807, 2.05) is 0 Å². The van der Waals surface area contributed by atoms with E-state index >= 15 is 0 Å². The fourth-order valence-electron chi connectivity index (χ4n) is 1.73. The van der Waals surface area contributed by atoms with Crippen molar-refractivity contribution in [2.75, 3.05) is 7.05 Å². The molecule has 1 amide bonds. The number of halogens is 1. The van der Waals surface area contributed by atoms with E-state index in [2.05, 4.69) is 26.1 Å². The van der Waals surface area contributed by atoms with Crippen molar-refractivity contribution in [1.82, 2.24) is 15.1 Å². The lowest BCUT2D eigenvalue weighted by atomic mass is 10.1. The highest BCUT2D eigenvalue weighted by atomic mass is 79.9. The van der Waals surface area contributed by atoms with E-state index in [1.54, 1.807) is 25.5 Å². The van der Waals surface area contributed by atoms with Crippen LogP contribution in [-0.2, 0) is 6.54 Å². The van der Waals surface area contributed by atoms with Crippen LogP contribution in [0.4, 0.5) is 5.69 Å². The van der Waals surface area contributed by atoms with Gasteiger partial charge >= 0.3 is 0 Å². The van der Waals surface area contributed by atoms with Crippen LogP contribution in [0.15, 0.2) is 35.1 Å². The Morgan fingerprint density at radius 3 is 2.85 bits per heavy atom. The second kappa shape index (κ2) is 5.83. The Balaban J connectivity index is 2.22. The van der Waals surface area contributed by atoms with Crippen LogP contribution in [0.1, 0.15) is 15.9 Å². The van der Waals surface area contributed by atoms with Crippen LogP contribution < -0.4 is 0 Å². The van der Waals surface area contributed by atoms with Crippen molar-refractivity contribution in [3.8, 4) is 0 Å². The average molecular weight is 339 g/mol. The number of nitrogens with zero attached hydrogens (tertiary/aromatic N) is 3. The van der Waals surface area contributed by atoms with E-state index in [-0.39, 0.29) is 17.2 Å². The highest BCUT2D eigenvalue weighted by molar-refractivity contribution is 9.10. The predicted octanol–water partition coefficient (Wildman–Crippen LogP) is 2.35. The molecule has 1 N–H and O–H groups in total. The maximum Gasteiger partial charge on any atom is 0.271 e. The highest BCUT2D eigenvalue weighted by Gasteiger charge is 2.17. The number of amides is 1. The van der Waals surface area contributed by atoms with Gasteiger partial charge in [0.1, 0.15) is 0 Å². The third kappa shape index (κ3) is 3.21. The molecule has 1 aromatic carbocycles. The predicted molar refractivity (Wildman–Crippen MR) is 75.2 cm³/mol. The minimum Gasteiger partial charge on any atom is -0.337 e. The lowest BCUT2D eigenvalue weighted by Gasteiger charge is -2.16. The molecule has 2 aromatic rings. The third-order valence-corrected chi connectivity index (χ3v) is 3.12. The quantitative estimate of drug-likeness (QED) is 0.684. The highest BCUT2D eigenvalue weighted by Crippen LogP contribution is 2.22. The van der Waals surface area contributed by atoms with Crippen LogP contribution in [0.25, 0.3) is 0 Å². The maximum absolute atomic E-state index is 12.2. The summed E-state index contributed by atoms with van der Waals surface area (Å²) in [5.41, 5.74) is 0.988. The number of aromatic amines is 1. The first-order valence-electron chi connectivity index (χ1n) is 5.65. The van der Waals surface area contributed by atoms with Crippen molar-refractivity contribution < 1.29 is 9.72 Å². The third-order valence-electron chi connectivity index (χ3n) is 2.66. The van der Waals surface area contributed by atoms with Crippen molar-refractivity contribution in [2.45, 2.75) is 6.54 Å². The van der Waals surface area contributed by atoms with Gasteiger partial charge in [0.25, 0.3) is 11.6 Å². The van der Waals surface area contributed by atoms with Crippen molar-refractivity contribution in [2.24, 2.45) is 0 Å². The van der Waals surface area contributed by atoms with Gasteiger partial charge in [-0.05, 0) is 6.07 Å². The topological polar surface area (TPSA) is 92.1 Å². The normalized spacial score (nSPS) is 10.3. The summed E-state index contributed by atoms with van der Waals surface area (Å²) in [6.07, 6.45) is 3.31. The molecule has 0 aliphatic heterocycles. The van der Waals surface area contributed by atoms with Crippen molar-refractivity contribution in [1.29, 1.82) is 0 Å². The molecule has 0 saturated carbocycles. The summed E-state index contributed by atoms with van der Waals surface area (Å²) in [6, 6.07) is 4.17. The maximum atomic E-state index is 12.2. The Morgan fingerprint density at radius 1 is 1.50 bits per heavy atom. The molecule has 7 nitrogen and oxygen atoms in total. The van der Waals surface area contributed by atoms with Gasteiger partial charge in [0, 0.05) is 47.5 Å². The van der Waals surface area contributed by atoms with Gasteiger partial charge in [-0.2, -0.15) is 5.10 Å².